The Bertz CT molecular complexity index is 985. The van der Waals surface area contributed by atoms with Crippen LogP contribution in [0.1, 0.15) is 29.7 Å². The van der Waals surface area contributed by atoms with Crippen molar-refractivity contribution in [2.45, 2.75) is 38.3 Å². The van der Waals surface area contributed by atoms with Gasteiger partial charge in [-0.15, -0.1) is 0 Å². The molecule has 0 amide bonds. The zero-order valence-corrected chi connectivity index (χ0v) is 17.6. The molecular weight excluding hydrogens is 396 g/mol. The molecule has 2 heterocycles. The zero-order chi connectivity index (χ0) is 20.9. The summed E-state index contributed by atoms with van der Waals surface area (Å²) in [4.78, 5) is 18.0. The average Bonchev–Trinajstić information content (AvgIpc) is 3.23. The summed E-state index contributed by atoms with van der Waals surface area (Å²) >= 11 is 5.95. The number of hydrogen-bond acceptors (Lipinski definition) is 3. The van der Waals surface area contributed by atoms with Gasteiger partial charge < -0.3 is 5.11 Å². The van der Waals surface area contributed by atoms with Crippen LogP contribution in [0.5, 0.6) is 0 Å². The SMILES string of the molecule is O=C(O)C1CCCN1Cc1ccc(CCc2ccc(-c3ccc(Cl)cc3)cn2)cc1. The van der Waals surface area contributed by atoms with Crippen LogP contribution < -0.4 is 0 Å². The van der Waals surface area contributed by atoms with Crippen molar-refractivity contribution in [3.63, 3.8) is 0 Å². The predicted molar refractivity (Wildman–Crippen MR) is 120 cm³/mol. The second kappa shape index (κ2) is 9.41. The van der Waals surface area contributed by atoms with Gasteiger partial charge >= 0.3 is 5.97 Å². The molecule has 0 spiro atoms. The fourth-order valence-corrected chi connectivity index (χ4v) is 4.12. The van der Waals surface area contributed by atoms with Crippen molar-refractivity contribution >= 4 is 17.6 Å². The Balaban J connectivity index is 1.32. The van der Waals surface area contributed by atoms with Crippen molar-refractivity contribution in [1.29, 1.82) is 0 Å². The van der Waals surface area contributed by atoms with Gasteiger partial charge in [-0.2, -0.15) is 0 Å². The molecule has 4 nitrogen and oxygen atoms in total. The summed E-state index contributed by atoms with van der Waals surface area (Å²) in [6.45, 7) is 1.56. The number of aryl methyl sites for hydroxylation is 2. The molecule has 1 aliphatic rings. The van der Waals surface area contributed by atoms with Crippen molar-refractivity contribution in [2.24, 2.45) is 0 Å². The summed E-state index contributed by atoms with van der Waals surface area (Å²) in [6.07, 6.45) is 5.43. The number of aliphatic carboxylic acids is 1. The van der Waals surface area contributed by atoms with Crippen molar-refractivity contribution in [3.05, 3.63) is 88.7 Å². The van der Waals surface area contributed by atoms with E-state index in [1.54, 1.807) is 0 Å². The lowest BCUT2D eigenvalue weighted by atomic mass is 10.0. The molecule has 1 fully saturated rings. The van der Waals surface area contributed by atoms with Crippen LogP contribution in [0.25, 0.3) is 11.1 Å². The Labute approximate surface area is 182 Å². The molecule has 4 rings (SSSR count). The van der Waals surface area contributed by atoms with E-state index in [0.717, 1.165) is 59.6 Å². The minimum absolute atomic E-state index is 0.341. The van der Waals surface area contributed by atoms with Gasteiger partial charge in [0.25, 0.3) is 0 Å². The zero-order valence-electron chi connectivity index (χ0n) is 16.8. The molecule has 1 aromatic heterocycles. The van der Waals surface area contributed by atoms with Crippen molar-refractivity contribution in [2.75, 3.05) is 6.54 Å². The van der Waals surface area contributed by atoms with E-state index >= 15 is 0 Å². The summed E-state index contributed by atoms with van der Waals surface area (Å²) < 4.78 is 0. The quantitative estimate of drug-likeness (QED) is 0.568. The first-order chi connectivity index (χ1) is 14.6. The monoisotopic (exact) mass is 420 g/mol. The standard InChI is InChI=1S/C25H25ClN2O2/c26-22-11-8-20(9-12-22)21-10-14-23(27-16-21)13-7-18-3-5-19(6-4-18)17-28-15-1-2-24(28)25(29)30/h3-6,8-12,14,16,24H,1-2,7,13,15,17H2,(H,29,30). The summed E-state index contributed by atoms with van der Waals surface area (Å²) in [5.41, 5.74) is 5.69. The van der Waals surface area contributed by atoms with E-state index in [-0.39, 0.29) is 6.04 Å². The van der Waals surface area contributed by atoms with Crippen LogP contribution in [0, 0.1) is 0 Å². The lowest BCUT2D eigenvalue weighted by molar-refractivity contribution is -0.142. The van der Waals surface area contributed by atoms with Crippen LogP contribution in [-0.2, 0) is 24.2 Å². The predicted octanol–water partition coefficient (Wildman–Crippen LogP) is 5.24. The van der Waals surface area contributed by atoms with Crippen LogP contribution >= 0.6 is 11.6 Å². The van der Waals surface area contributed by atoms with E-state index in [0.29, 0.717) is 6.54 Å². The van der Waals surface area contributed by atoms with Crippen molar-refractivity contribution < 1.29 is 9.90 Å². The largest absolute Gasteiger partial charge is 0.480 e. The Morgan fingerprint density at radius 1 is 0.967 bits per heavy atom. The Morgan fingerprint density at radius 2 is 1.67 bits per heavy atom. The average molecular weight is 421 g/mol. The van der Waals surface area contributed by atoms with Crippen molar-refractivity contribution in [3.8, 4) is 11.1 Å². The minimum Gasteiger partial charge on any atom is -0.480 e. The number of carboxylic acid groups (broad SMARTS) is 1. The van der Waals surface area contributed by atoms with E-state index in [1.165, 1.54) is 5.56 Å². The fraction of sp³-hybridized carbons (Fsp3) is 0.280. The van der Waals surface area contributed by atoms with E-state index in [1.807, 2.05) is 30.5 Å². The van der Waals surface area contributed by atoms with Gasteiger partial charge in [0.2, 0.25) is 0 Å². The molecule has 2 aromatic carbocycles. The molecule has 0 bridgehead atoms. The van der Waals surface area contributed by atoms with Crippen LogP contribution in [-0.4, -0.2) is 33.5 Å². The highest BCUT2D eigenvalue weighted by atomic mass is 35.5. The van der Waals surface area contributed by atoms with Crippen LogP contribution in [0.15, 0.2) is 66.9 Å². The van der Waals surface area contributed by atoms with Gasteiger partial charge in [0, 0.05) is 29.0 Å². The molecular formula is C25H25ClN2O2. The van der Waals surface area contributed by atoms with Gasteiger partial charge in [-0.1, -0.05) is 54.1 Å². The number of carbonyl (C=O) groups is 1. The number of hydrogen-bond donors (Lipinski definition) is 1. The first kappa shape index (κ1) is 20.6. The highest BCUT2D eigenvalue weighted by Gasteiger charge is 2.30. The summed E-state index contributed by atoms with van der Waals surface area (Å²) in [7, 11) is 0. The van der Waals surface area contributed by atoms with Crippen LogP contribution in [0.4, 0.5) is 0 Å². The number of pyridine rings is 1. The van der Waals surface area contributed by atoms with Gasteiger partial charge in [-0.25, -0.2) is 0 Å². The third kappa shape index (κ3) is 5.07. The number of rotatable bonds is 7. The maximum absolute atomic E-state index is 11.3. The Morgan fingerprint density at radius 3 is 2.33 bits per heavy atom. The summed E-state index contributed by atoms with van der Waals surface area (Å²) in [5, 5.41) is 10.1. The molecule has 0 aliphatic carbocycles. The van der Waals surface area contributed by atoms with Gasteiger partial charge in [0.15, 0.2) is 0 Å². The molecule has 1 atom stereocenters. The maximum atomic E-state index is 11.3. The number of likely N-dealkylation sites (tertiary alicyclic amines) is 1. The van der Waals surface area contributed by atoms with Gasteiger partial charge in [0.05, 0.1) is 0 Å². The third-order valence-electron chi connectivity index (χ3n) is 5.73. The van der Waals surface area contributed by atoms with E-state index < -0.39 is 5.97 Å². The van der Waals surface area contributed by atoms with Gasteiger partial charge in [-0.3, -0.25) is 14.7 Å². The number of carboxylic acids is 1. The molecule has 5 heteroatoms. The molecule has 3 aromatic rings. The molecule has 0 saturated carbocycles. The normalized spacial score (nSPS) is 16.6. The van der Waals surface area contributed by atoms with Crippen molar-refractivity contribution in [1.82, 2.24) is 9.88 Å². The van der Waals surface area contributed by atoms with E-state index in [9.17, 15) is 9.90 Å². The summed E-state index contributed by atoms with van der Waals surface area (Å²) in [5.74, 6) is -0.710. The molecule has 30 heavy (non-hydrogen) atoms. The maximum Gasteiger partial charge on any atom is 0.320 e. The highest BCUT2D eigenvalue weighted by molar-refractivity contribution is 6.30. The molecule has 1 unspecified atom stereocenters. The Kier molecular flexibility index (Phi) is 6.46. The second-order valence-electron chi connectivity index (χ2n) is 7.83. The highest BCUT2D eigenvalue weighted by Crippen LogP contribution is 2.22. The smallest absolute Gasteiger partial charge is 0.320 e. The molecule has 1 N–H and O–H groups in total. The number of halogens is 1. The van der Waals surface area contributed by atoms with E-state index in [4.69, 9.17) is 11.6 Å². The van der Waals surface area contributed by atoms with Crippen LogP contribution in [0.2, 0.25) is 5.02 Å². The minimum atomic E-state index is -0.710. The molecule has 1 saturated heterocycles. The lowest BCUT2D eigenvalue weighted by Crippen LogP contribution is -2.35. The molecule has 0 radical (unpaired) electrons. The van der Waals surface area contributed by atoms with Gasteiger partial charge in [0.1, 0.15) is 6.04 Å². The summed E-state index contributed by atoms with van der Waals surface area (Å²) in [6, 6.07) is 20.1. The second-order valence-corrected chi connectivity index (χ2v) is 8.26. The molecule has 1 aliphatic heterocycles. The number of nitrogens with zero attached hydrogens (tertiary/aromatic N) is 2. The van der Waals surface area contributed by atoms with Gasteiger partial charge in [-0.05, 0) is 67.1 Å². The molecule has 154 valence electrons. The first-order valence-corrected chi connectivity index (χ1v) is 10.7. The number of benzene rings is 2. The lowest BCUT2D eigenvalue weighted by Gasteiger charge is -2.21. The van der Waals surface area contributed by atoms with Crippen LogP contribution in [0.3, 0.4) is 0 Å². The number of aromatic nitrogens is 1. The fourth-order valence-electron chi connectivity index (χ4n) is 4.00. The third-order valence-corrected chi connectivity index (χ3v) is 5.98. The topological polar surface area (TPSA) is 53.4 Å². The first-order valence-electron chi connectivity index (χ1n) is 10.3. The van der Waals surface area contributed by atoms with E-state index in [2.05, 4.69) is 46.3 Å². The Hall–Kier alpha value is -2.69.